The van der Waals surface area contributed by atoms with Crippen molar-refractivity contribution in [3.05, 3.63) is 41.0 Å². The second-order valence-corrected chi connectivity index (χ2v) is 7.57. The van der Waals surface area contributed by atoms with Crippen molar-refractivity contribution in [2.45, 2.75) is 33.1 Å². The number of anilines is 1. The van der Waals surface area contributed by atoms with Crippen molar-refractivity contribution in [2.75, 3.05) is 5.32 Å². The molecule has 128 valence electrons. The van der Waals surface area contributed by atoms with Gasteiger partial charge in [-0.3, -0.25) is 4.79 Å². The maximum absolute atomic E-state index is 11.4. The Balaban J connectivity index is 1.77. The molecule has 6 heteroatoms. The van der Waals surface area contributed by atoms with Gasteiger partial charge >= 0.3 is 0 Å². The fourth-order valence-electron chi connectivity index (χ4n) is 3.28. The first kappa shape index (κ1) is 16.0. The Bertz CT molecular complexity index is 951. The van der Waals surface area contributed by atoms with Crippen LogP contribution in [0.3, 0.4) is 0 Å². The van der Waals surface area contributed by atoms with Crippen molar-refractivity contribution in [2.24, 2.45) is 5.92 Å². The van der Waals surface area contributed by atoms with Gasteiger partial charge < -0.3 is 10.1 Å². The Hall–Kier alpha value is -2.47. The van der Waals surface area contributed by atoms with E-state index in [1.807, 2.05) is 24.3 Å². The van der Waals surface area contributed by atoms with Crippen LogP contribution in [0.25, 0.3) is 10.2 Å². The van der Waals surface area contributed by atoms with Crippen LogP contribution in [-0.4, -0.2) is 15.9 Å². The number of fused-ring (bicyclic) bond motifs is 3. The molecule has 1 unspecified atom stereocenters. The SMILES string of the molecule is CC(=O)Nc1ccccc1Oc1ncnc2sc3c(c12)CCC(C)C3. The standard InChI is InChI=1S/C19H19N3O2S/c1-11-7-8-13-16(9-11)25-19-17(13)18(20-10-21-19)24-15-6-4-3-5-14(15)22-12(2)23/h3-6,10-11H,7-9H2,1-2H3,(H,22,23). The van der Waals surface area contributed by atoms with Crippen LogP contribution < -0.4 is 10.1 Å². The van der Waals surface area contributed by atoms with E-state index in [9.17, 15) is 4.79 Å². The van der Waals surface area contributed by atoms with Gasteiger partial charge in [0.1, 0.15) is 11.2 Å². The third-order valence-corrected chi connectivity index (χ3v) is 5.62. The zero-order valence-corrected chi connectivity index (χ0v) is 15.0. The topological polar surface area (TPSA) is 64.1 Å². The number of ether oxygens (including phenoxy) is 1. The van der Waals surface area contributed by atoms with E-state index in [1.54, 1.807) is 17.7 Å². The van der Waals surface area contributed by atoms with Gasteiger partial charge in [-0.05, 0) is 42.9 Å². The van der Waals surface area contributed by atoms with Crippen LogP contribution in [0, 0.1) is 5.92 Å². The molecule has 0 radical (unpaired) electrons. The number of thiophene rings is 1. The first-order valence-electron chi connectivity index (χ1n) is 8.41. The van der Waals surface area contributed by atoms with Crippen molar-refractivity contribution in [1.29, 1.82) is 0 Å². The van der Waals surface area contributed by atoms with Crippen molar-refractivity contribution < 1.29 is 9.53 Å². The number of amides is 1. The maximum atomic E-state index is 11.4. The molecule has 0 saturated carbocycles. The predicted molar refractivity (Wildman–Crippen MR) is 99.4 cm³/mol. The van der Waals surface area contributed by atoms with Crippen molar-refractivity contribution in [3.63, 3.8) is 0 Å². The van der Waals surface area contributed by atoms with Crippen LogP contribution in [0.15, 0.2) is 30.6 Å². The Morgan fingerprint density at radius 2 is 2.16 bits per heavy atom. The highest BCUT2D eigenvalue weighted by Gasteiger charge is 2.24. The van der Waals surface area contributed by atoms with Gasteiger partial charge in [-0.1, -0.05) is 19.1 Å². The molecule has 0 saturated heterocycles. The summed E-state index contributed by atoms with van der Waals surface area (Å²) in [6.07, 6.45) is 4.85. The van der Waals surface area contributed by atoms with Crippen LogP contribution in [0.5, 0.6) is 11.6 Å². The zero-order chi connectivity index (χ0) is 17.4. The lowest BCUT2D eigenvalue weighted by Crippen LogP contribution is -2.09. The van der Waals surface area contributed by atoms with Crippen LogP contribution >= 0.6 is 11.3 Å². The number of rotatable bonds is 3. The highest BCUT2D eigenvalue weighted by molar-refractivity contribution is 7.18. The summed E-state index contributed by atoms with van der Waals surface area (Å²) in [5.41, 5.74) is 1.96. The summed E-state index contributed by atoms with van der Waals surface area (Å²) < 4.78 is 6.12. The second kappa shape index (κ2) is 6.44. The molecule has 5 nitrogen and oxygen atoms in total. The summed E-state index contributed by atoms with van der Waals surface area (Å²) in [7, 11) is 0. The average molecular weight is 353 g/mol. The molecule has 1 N–H and O–H groups in total. The molecule has 1 aliphatic rings. The fourth-order valence-corrected chi connectivity index (χ4v) is 4.62. The van der Waals surface area contributed by atoms with Gasteiger partial charge in [0.15, 0.2) is 5.75 Å². The normalized spacial score (nSPS) is 16.5. The number of nitrogens with zero attached hydrogens (tertiary/aromatic N) is 2. The number of aryl methyl sites for hydroxylation is 1. The van der Waals surface area contributed by atoms with Gasteiger partial charge in [-0.15, -0.1) is 11.3 Å². The van der Waals surface area contributed by atoms with Gasteiger partial charge in [0.2, 0.25) is 11.8 Å². The smallest absolute Gasteiger partial charge is 0.231 e. The lowest BCUT2D eigenvalue weighted by molar-refractivity contribution is -0.114. The molecular formula is C19H19N3O2S. The number of carbonyl (C=O) groups excluding carboxylic acids is 1. The molecule has 3 aromatic rings. The summed E-state index contributed by atoms with van der Waals surface area (Å²) in [5, 5.41) is 3.82. The number of para-hydroxylation sites is 2. The number of benzene rings is 1. The number of carbonyl (C=O) groups is 1. The molecule has 4 rings (SSSR count). The Morgan fingerprint density at radius 3 is 3.00 bits per heavy atom. The van der Waals surface area contributed by atoms with Gasteiger partial charge in [-0.2, -0.15) is 0 Å². The summed E-state index contributed by atoms with van der Waals surface area (Å²) in [6.45, 7) is 3.77. The van der Waals surface area contributed by atoms with Crippen molar-refractivity contribution in [3.8, 4) is 11.6 Å². The maximum Gasteiger partial charge on any atom is 0.231 e. The first-order valence-corrected chi connectivity index (χ1v) is 9.23. The summed E-state index contributed by atoms with van der Waals surface area (Å²) in [6, 6.07) is 7.39. The molecule has 0 bridgehead atoms. The van der Waals surface area contributed by atoms with E-state index in [0.29, 0.717) is 23.2 Å². The van der Waals surface area contributed by atoms with Crippen LogP contribution in [0.1, 0.15) is 30.7 Å². The molecule has 1 atom stereocenters. The predicted octanol–water partition coefficient (Wildman–Crippen LogP) is 4.57. The lowest BCUT2D eigenvalue weighted by atomic mass is 9.89. The lowest BCUT2D eigenvalue weighted by Gasteiger charge is -2.18. The van der Waals surface area contributed by atoms with Crippen LogP contribution in [0.2, 0.25) is 0 Å². The largest absolute Gasteiger partial charge is 0.436 e. The molecule has 1 aliphatic carbocycles. The molecule has 2 heterocycles. The molecule has 0 fully saturated rings. The van der Waals surface area contributed by atoms with E-state index >= 15 is 0 Å². The van der Waals surface area contributed by atoms with Crippen LogP contribution in [-0.2, 0) is 17.6 Å². The van der Waals surface area contributed by atoms with E-state index in [0.717, 1.165) is 23.1 Å². The number of nitrogens with one attached hydrogen (secondary N) is 1. The molecule has 0 spiro atoms. The third kappa shape index (κ3) is 3.09. The minimum absolute atomic E-state index is 0.134. The molecule has 2 aromatic heterocycles. The van der Waals surface area contributed by atoms with Crippen molar-refractivity contribution in [1.82, 2.24) is 9.97 Å². The minimum Gasteiger partial charge on any atom is -0.436 e. The third-order valence-electron chi connectivity index (χ3n) is 4.46. The quantitative estimate of drug-likeness (QED) is 0.749. The summed E-state index contributed by atoms with van der Waals surface area (Å²) in [5.74, 6) is 1.72. The average Bonchev–Trinajstić information content (AvgIpc) is 2.94. The minimum atomic E-state index is -0.134. The number of aromatic nitrogens is 2. The van der Waals surface area contributed by atoms with E-state index in [4.69, 9.17) is 4.74 Å². The van der Waals surface area contributed by atoms with Gasteiger partial charge in [0.05, 0.1) is 11.1 Å². The Morgan fingerprint density at radius 1 is 1.32 bits per heavy atom. The van der Waals surface area contributed by atoms with Crippen molar-refractivity contribution >= 4 is 33.1 Å². The second-order valence-electron chi connectivity index (χ2n) is 6.49. The molecule has 0 aliphatic heterocycles. The highest BCUT2D eigenvalue weighted by atomic mass is 32.1. The molecule has 1 aromatic carbocycles. The van der Waals surface area contributed by atoms with E-state index in [1.165, 1.54) is 23.8 Å². The van der Waals surface area contributed by atoms with E-state index in [2.05, 4.69) is 22.2 Å². The van der Waals surface area contributed by atoms with E-state index in [-0.39, 0.29) is 5.91 Å². The van der Waals surface area contributed by atoms with Gasteiger partial charge in [-0.25, -0.2) is 9.97 Å². The van der Waals surface area contributed by atoms with Crippen LogP contribution in [0.4, 0.5) is 5.69 Å². The number of hydrogen-bond acceptors (Lipinski definition) is 5. The fraction of sp³-hybridized carbons (Fsp3) is 0.316. The summed E-state index contributed by atoms with van der Waals surface area (Å²) >= 11 is 1.74. The highest BCUT2D eigenvalue weighted by Crippen LogP contribution is 2.42. The van der Waals surface area contributed by atoms with E-state index < -0.39 is 0 Å². The molecular weight excluding hydrogens is 334 g/mol. The zero-order valence-electron chi connectivity index (χ0n) is 14.2. The molecule has 1 amide bonds. The Kier molecular flexibility index (Phi) is 4.13. The monoisotopic (exact) mass is 353 g/mol. The first-order chi connectivity index (χ1) is 12.1. The summed E-state index contributed by atoms with van der Waals surface area (Å²) in [4.78, 5) is 22.6. The van der Waals surface area contributed by atoms with Gasteiger partial charge in [0, 0.05) is 11.8 Å². The molecule has 25 heavy (non-hydrogen) atoms. The Labute approximate surface area is 150 Å². The van der Waals surface area contributed by atoms with Gasteiger partial charge in [0.25, 0.3) is 0 Å². The number of hydrogen-bond donors (Lipinski definition) is 1.